The van der Waals surface area contributed by atoms with Crippen LogP contribution in [0.25, 0.3) is 0 Å². The molecule has 0 unspecified atom stereocenters. The maximum atomic E-state index is 5.41. The summed E-state index contributed by atoms with van der Waals surface area (Å²) < 4.78 is 0. The molecule has 0 N–H and O–H groups in total. The van der Waals surface area contributed by atoms with Crippen molar-refractivity contribution in [3.8, 4) is 0 Å². The van der Waals surface area contributed by atoms with E-state index in [1.54, 1.807) is 0 Å². The zero-order valence-corrected chi connectivity index (χ0v) is 7.29. The highest BCUT2D eigenvalue weighted by Crippen LogP contribution is 2.17. The van der Waals surface area contributed by atoms with Crippen molar-refractivity contribution in [2.75, 3.05) is 11.6 Å². The minimum atomic E-state index is 0.855. The molecular weight excluding hydrogens is 149 g/mol. The van der Waals surface area contributed by atoms with Crippen molar-refractivity contribution in [1.82, 2.24) is 0 Å². The maximum Gasteiger partial charge on any atom is 0.275 e. The molecule has 3 heteroatoms. The van der Waals surface area contributed by atoms with E-state index in [-0.39, 0.29) is 0 Å². The van der Waals surface area contributed by atoms with Crippen LogP contribution in [0.2, 0.25) is 6.32 Å². The number of hydrogen-bond acceptors (Lipinski definition) is 2. The van der Waals surface area contributed by atoms with Gasteiger partial charge in [-0.1, -0.05) is 17.7 Å². The van der Waals surface area contributed by atoms with E-state index >= 15 is 0 Å². The summed E-state index contributed by atoms with van der Waals surface area (Å²) in [5, 5.41) is 0. The fourth-order valence-electron chi connectivity index (χ4n) is 1.36. The van der Waals surface area contributed by atoms with Crippen LogP contribution in [0.1, 0.15) is 5.56 Å². The average Bonchev–Trinajstić information content (AvgIpc) is 2.58. The van der Waals surface area contributed by atoms with Gasteiger partial charge < -0.3 is 4.97 Å². The van der Waals surface area contributed by atoms with Gasteiger partial charge >= 0.3 is 0 Å². The van der Waals surface area contributed by atoms with Crippen LogP contribution in [0, 0.1) is 6.92 Å². The smallest absolute Gasteiger partial charge is 0.275 e. The predicted octanol–water partition coefficient (Wildman–Crippen LogP) is 1.52. The monoisotopic (exact) mass is 161 g/mol. The Hall–Kier alpha value is -0.955. The summed E-state index contributed by atoms with van der Waals surface area (Å²) in [6.07, 6.45) is 1.13. The van der Waals surface area contributed by atoms with Crippen LogP contribution in [0.4, 0.5) is 5.69 Å². The molecule has 0 aromatic heterocycles. The molecule has 1 heterocycles. The fourth-order valence-corrected chi connectivity index (χ4v) is 1.36. The first kappa shape index (κ1) is 7.68. The molecule has 0 aliphatic carbocycles. The minimum Gasteiger partial charge on any atom is -0.305 e. The number of hydrogen-bond donors (Lipinski definition) is 0. The van der Waals surface area contributed by atoms with Crippen molar-refractivity contribution >= 4 is 13.1 Å². The van der Waals surface area contributed by atoms with Crippen molar-refractivity contribution in [3.63, 3.8) is 0 Å². The van der Waals surface area contributed by atoms with Crippen LogP contribution in [-0.2, 0) is 4.84 Å². The molecule has 1 aliphatic heterocycles. The third kappa shape index (κ3) is 1.46. The summed E-state index contributed by atoms with van der Waals surface area (Å²) in [6, 6.07) is 8.41. The van der Waals surface area contributed by atoms with Gasteiger partial charge in [-0.05, 0) is 25.4 Å². The Morgan fingerprint density at radius 1 is 1.33 bits per heavy atom. The van der Waals surface area contributed by atoms with Gasteiger partial charge in [0.2, 0.25) is 0 Å². The normalized spacial score (nSPS) is 16.2. The first-order valence-electron chi connectivity index (χ1n) is 4.33. The molecule has 0 spiro atoms. The van der Waals surface area contributed by atoms with Gasteiger partial charge in [0.15, 0.2) is 0 Å². The van der Waals surface area contributed by atoms with E-state index in [4.69, 9.17) is 4.84 Å². The second-order valence-corrected chi connectivity index (χ2v) is 3.12. The van der Waals surface area contributed by atoms with E-state index < -0.39 is 0 Å². The molecule has 0 amide bonds. The highest BCUT2D eigenvalue weighted by Gasteiger charge is 2.14. The Kier molecular flexibility index (Phi) is 2.04. The van der Waals surface area contributed by atoms with Gasteiger partial charge in [0.1, 0.15) is 0 Å². The molecular formula is C9H12BNO. The lowest BCUT2D eigenvalue weighted by Crippen LogP contribution is -2.18. The van der Waals surface area contributed by atoms with E-state index in [1.807, 2.05) is 4.97 Å². The topological polar surface area (TPSA) is 12.5 Å². The van der Waals surface area contributed by atoms with Gasteiger partial charge in [-0.15, -0.1) is 0 Å². The second-order valence-electron chi connectivity index (χ2n) is 3.12. The fraction of sp³-hybridized carbons (Fsp3) is 0.333. The average molecular weight is 161 g/mol. The largest absolute Gasteiger partial charge is 0.305 e. The van der Waals surface area contributed by atoms with Crippen LogP contribution in [-0.4, -0.2) is 14.0 Å². The summed E-state index contributed by atoms with van der Waals surface area (Å²) in [4.78, 5) is 7.37. The second kappa shape index (κ2) is 3.19. The summed E-state index contributed by atoms with van der Waals surface area (Å²) in [5.74, 6) is 0. The van der Waals surface area contributed by atoms with Crippen molar-refractivity contribution < 1.29 is 4.84 Å². The molecule has 0 atom stereocenters. The Balaban J connectivity index is 2.17. The molecule has 1 aromatic rings. The minimum absolute atomic E-state index is 0.855. The Bertz CT molecular complexity index is 254. The molecule has 0 radical (unpaired) electrons. The molecule has 1 aliphatic rings. The molecule has 62 valence electrons. The summed E-state index contributed by atoms with van der Waals surface area (Å²) in [7, 11) is 1.02. The Labute approximate surface area is 73.4 Å². The highest BCUT2D eigenvalue weighted by atomic mass is 16.7. The number of nitrogens with zero attached hydrogens (tertiary/aromatic N) is 1. The summed E-state index contributed by atoms with van der Waals surface area (Å²) in [5.41, 5.74) is 2.45. The molecule has 2 rings (SSSR count). The molecule has 12 heavy (non-hydrogen) atoms. The van der Waals surface area contributed by atoms with Crippen LogP contribution < -0.4 is 4.97 Å². The maximum absolute atomic E-state index is 5.41. The van der Waals surface area contributed by atoms with Gasteiger partial charge in [0.05, 0.1) is 6.61 Å². The van der Waals surface area contributed by atoms with Crippen LogP contribution in [0.3, 0.4) is 0 Å². The van der Waals surface area contributed by atoms with Gasteiger partial charge in [-0.3, -0.25) is 4.84 Å². The van der Waals surface area contributed by atoms with Crippen LogP contribution in [0.5, 0.6) is 0 Å². The first-order valence-corrected chi connectivity index (χ1v) is 4.33. The SMILES string of the molecule is Cc1ccc(N2BCCO2)cc1. The van der Waals surface area contributed by atoms with Crippen molar-refractivity contribution in [1.29, 1.82) is 0 Å². The zero-order chi connectivity index (χ0) is 8.39. The third-order valence-electron chi connectivity index (χ3n) is 2.07. The molecule has 1 fully saturated rings. The van der Waals surface area contributed by atoms with Crippen LogP contribution >= 0.6 is 0 Å². The number of aryl methyl sites for hydroxylation is 1. The van der Waals surface area contributed by atoms with Crippen molar-refractivity contribution in [2.45, 2.75) is 13.2 Å². The Morgan fingerprint density at radius 2 is 2.08 bits per heavy atom. The Morgan fingerprint density at radius 3 is 2.67 bits per heavy atom. The van der Waals surface area contributed by atoms with Gasteiger partial charge in [0.25, 0.3) is 7.41 Å². The summed E-state index contributed by atoms with van der Waals surface area (Å²) in [6.45, 7) is 2.95. The molecule has 1 saturated heterocycles. The lowest BCUT2D eigenvalue weighted by molar-refractivity contribution is 0.185. The predicted molar refractivity (Wildman–Crippen MR) is 51.6 cm³/mol. The first-order chi connectivity index (χ1) is 5.86. The van der Waals surface area contributed by atoms with Crippen molar-refractivity contribution in [3.05, 3.63) is 29.8 Å². The van der Waals surface area contributed by atoms with E-state index in [0.29, 0.717) is 0 Å². The third-order valence-corrected chi connectivity index (χ3v) is 2.07. The van der Waals surface area contributed by atoms with E-state index in [0.717, 1.165) is 26.0 Å². The molecule has 0 saturated carbocycles. The van der Waals surface area contributed by atoms with Gasteiger partial charge in [0, 0.05) is 5.69 Å². The molecule has 1 aromatic carbocycles. The lowest BCUT2D eigenvalue weighted by Gasteiger charge is -2.16. The van der Waals surface area contributed by atoms with Crippen LogP contribution in [0.15, 0.2) is 24.3 Å². The molecule has 2 nitrogen and oxygen atoms in total. The molecule has 0 bridgehead atoms. The standard InChI is InChI=1S/C9H12BNO/c1-8-2-4-9(5-3-8)11-10-6-7-12-11/h2-5,10H,6-7H2,1H3. The highest BCUT2D eigenvalue weighted by molar-refractivity contribution is 6.41. The van der Waals surface area contributed by atoms with Gasteiger partial charge in [-0.25, -0.2) is 0 Å². The number of benzene rings is 1. The quantitative estimate of drug-likeness (QED) is 0.579. The van der Waals surface area contributed by atoms with Crippen molar-refractivity contribution in [2.24, 2.45) is 0 Å². The number of rotatable bonds is 1. The van der Waals surface area contributed by atoms with E-state index in [2.05, 4.69) is 31.2 Å². The van der Waals surface area contributed by atoms with E-state index in [1.165, 1.54) is 5.56 Å². The summed E-state index contributed by atoms with van der Waals surface area (Å²) >= 11 is 0. The lowest BCUT2D eigenvalue weighted by atomic mass is 9.90. The van der Waals surface area contributed by atoms with E-state index in [9.17, 15) is 0 Å². The zero-order valence-electron chi connectivity index (χ0n) is 7.29. The van der Waals surface area contributed by atoms with Gasteiger partial charge in [-0.2, -0.15) is 0 Å². The number of anilines is 1.